The van der Waals surface area contributed by atoms with Crippen LogP contribution >= 0.6 is 0 Å². The van der Waals surface area contributed by atoms with Gasteiger partial charge in [0.05, 0.1) is 0 Å². The van der Waals surface area contributed by atoms with E-state index in [-0.39, 0.29) is 5.91 Å². The fraction of sp³-hybridized carbons (Fsp3) is 0.619. The molecule has 1 aromatic rings. The normalized spacial score (nSPS) is 16.2. The molecule has 0 unspecified atom stereocenters. The van der Waals surface area contributed by atoms with Crippen LogP contribution in [0.2, 0.25) is 0 Å². The molecular weight excluding hydrogens is 340 g/mol. The number of amides is 1. The lowest BCUT2D eigenvalue weighted by Crippen LogP contribution is -2.43. The summed E-state index contributed by atoms with van der Waals surface area (Å²) in [6.45, 7) is 4.95. The standard InChI is InChI=1S/C21H34N4O2/c1-4-23-19(26)18-9-7-17(8-10-18)15-24-20(22-2)25-16-21(13-14-27-3)11-5-6-12-21/h7-10H,4-6,11-16H2,1-3H3,(H,23,26)(H2,22,24,25). The molecule has 0 spiro atoms. The van der Waals surface area contributed by atoms with E-state index < -0.39 is 0 Å². The zero-order valence-electron chi connectivity index (χ0n) is 16.9. The molecule has 0 aromatic heterocycles. The van der Waals surface area contributed by atoms with Crippen molar-refractivity contribution in [3.63, 3.8) is 0 Å². The lowest BCUT2D eigenvalue weighted by Gasteiger charge is -2.30. The predicted molar refractivity (Wildman–Crippen MR) is 110 cm³/mol. The summed E-state index contributed by atoms with van der Waals surface area (Å²) in [5.41, 5.74) is 2.12. The van der Waals surface area contributed by atoms with Crippen molar-refractivity contribution in [2.45, 2.75) is 45.6 Å². The van der Waals surface area contributed by atoms with Crippen molar-refractivity contribution >= 4 is 11.9 Å². The number of hydrogen-bond acceptors (Lipinski definition) is 3. The minimum Gasteiger partial charge on any atom is -0.385 e. The Kier molecular flexibility index (Phi) is 8.58. The maximum absolute atomic E-state index is 11.8. The van der Waals surface area contributed by atoms with Gasteiger partial charge in [0.25, 0.3) is 5.91 Å². The van der Waals surface area contributed by atoms with Crippen LogP contribution in [0, 0.1) is 5.41 Å². The Morgan fingerprint density at radius 2 is 1.85 bits per heavy atom. The van der Waals surface area contributed by atoms with Crippen molar-refractivity contribution in [2.75, 3.05) is 33.9 Å². The number of nitrogens with one attached hydrogen (secondary N) is 3. The second kappa shape index (κ2) is 10.9. The Labute approximate surface area is 163 Å². The van der Waals surface area contributed by atoms with Gasteiger partial charge in [-0.3, -0.25) is 9.79 Å². The summed E-state index contributed by atoms with van der Waals surface area (Å²) in [7, 11) is 3.57. The number of carbonyl (C=O) groups is 1. The van der Waals surface area contributed by atoms with Crippen molar-refractivity contribution in [2.24, 2.45) is 10.4 Å². The molecule has 27 heavy (non-hydrogen) atoms. The molecule has 0 atom stereocenters. The van der Waals surface area contributed by atoms with Gasteiger partial charge in [-0.05, 0) is 49.3 Å². The average Bonchev–Trinajstić information content (AvgIpc) is 3.16. The number of nitrogens with zero attached hydrogens (tertiary/aromatic N) is 1. The first-order valence-electron chi connectivity index (χ1n) is 9.93. The molecule has 1 aromatic carbocycles. The predicted octanol–water partition coefficient (Wildman–Crippen LogP) is 2.70. The summed E-state index contributed by atoms with van der Waals surface area (Å²) in [6.07, 6.45) is 6.20. The molecule has 1 aliphatic rings. The highest BCUT2D eigenvalue weighted by atomic mass is 16.5. The average molecular weight is 375 g/mol. The fourth-order valence-corrected chi connectivity index (χ4v) is 3.67. The van der Waals surface area contributed by atoms with Crippen LogP contribution in [0.3, 0.4) is 0 Å². The van der Waals surface area contributed by atoms with E-state index in [1.54, 1.807) is 14.2 Å². The van der Waals surface area contributed by atoms with E-state index >= 15 is 0 Å². The van der Waals surface area contributed by atoms with Crippen LogP contribution < -0.4 is 16.0 Å². The summed E-state index contributed by atoms with van der Waals surface area (Å²) >= 11 is 0. The van der Waals surface area contributed by atoms with Gasteiger partial charge < -0.3 is 20.7 Å². The van der Waals surface area contributed by atoms with Gasteiger partial charge in [0.2, 0.25) is 0 Å². The molecule has 150 valence electrons. The summed E-state index contributed by atoms with van der Waals surface area (Å²) < 4.78 is 5.31. The topological polar surface area (TPSA) is 74.8 Å². The molecule has 0 aliphatic heterocycles. The van der Waals surface area contributed by atoms with Crippen LogP contribution in [0.15, 0.2) is 29.3 Å². The number of guanidine groups is 1. The van der Waals surface area contributed by atoms with Crippen LogP contribution in [-0.4, -0.2) is 45.7 Å². The Morgan fingerprint density at radius 3 is 2.44 bits per heavy atom. The second-order valence-electron chi connectivity index (χ2n) is 7.29. The molecule has 1 amide bonds. The van der Waals surface area contributed by atoms with E-state index in [1.807, 2.05) is 31.2 Å². The minimum absolute atomic E-state index is 0.0348. The van der Waals surface area contributed by atoms with Gasteiger partial charge in [0, 0.05) is 46.0 Å². The third kappa shape index (κ3) is 6.54. The highest BCUT2D eigenvalue weighted by Gasteiger charge is 2.33. The molecule has 0 radical (unpaired) electrons. The molecule has 6 nitrogen and oxygen atoms in total. The molecule has 0 bridgehead atoms. The van der Waals surface area contributed by atoms with Crippen LogP contribution in [0.25, 0.3) is 0 Å². The number of benzene rings is 1. The summed E-state index contributed by atoms with van der Waals surface area (Å²) in [4.78, 5) is 16.2. The zero-order chi connectivity index (χ0) is 19.5. The number of ether oxygens (including phenoxy) is 1. The van der Waals surface area contributed by atoms with Crippen LogP contribution in [0.5, 0.6) is 0 Å². The van der Waals surface area contributed by atoms with Gasteiger partial charge in [-0.25, -0.2) is 0 Å². The molecule has 1 fully saturated rings. The van der Waals surface area contributed by atoms with Gasteiger partial charge in [-0.2, -0.15) is 0 Å². The molecule has 0 heterocycles. The highest BCUT2D eigenvalue weighted by molar-refractivity contribution is 5.94. The Morgan fingerprint density at radius 1 is 1.15 bits per heavy atom. The number of carbonyl (C=O) groups excluding carboxylic acids is 1. The van der Waals surface area contributed by atoms with Crippen molar-refractivity contribution in [3.05, 3.63) is 35.4 Å². The van der Waals surface area contributed by atoms with Gasteiger partial charge in [-0.15, -0.1) is 0 Å². The fourth-order valence-electron chi connectivity index (χ4n) is 3.67. The monoisotopic (exact) mass is 374 g/mol. The SMILES string of the molecule is CCNC(=O)c1ccc(CNC(=NC)NCC2(CCOC)CCCC2)cc1. The Hall–Kier alpha value is -2.08. The van der Waals surface area contributed by atoms with E-state index in [9.17, 15) is 4.79 Å². The highest BCUT2D eigenvalue weighted by Crippen LogP contribution is 2.40. The zero-order valence-corrected chi connectivity index (χ0v) is 16.9. The molecular formula is C21H34N4O2. The van der Waals surface area contributed by atoms with Crippen LogP contribution in [0.1, 0.15) is 54.9 Å². The molecule has 6 heteroatoms. The van der Waals surface area contributed by atoms with Gasteiger partial charge in [0.15, 0.2) is 5.96 Å². The first-order chi connectivity index (χ1) is 13.1. The molecule has 0 saturated heterocycles. The van der Waals surface area contributed by atoms with E-state index in [0.717, 1.165) is 31.1 Å². The second-order valence-corrected chi connectivity index (χ2v) is 7.29. The smallest absolute Gasteiger partial charge is 0.251 e. The van der Waals surface area contributed by atoms with Gasteiger partial charge in [0.1, 0.15) is 0 Å². The number of hydrogen-bond donors (Lipinski definition) is 3. The number of rotatable bonds is 9. The lowest BCUT2D eigenvalue weighted by molar-refractivity contribution is 0.0956. The van der Waals surface area contributed by atoms with Crippen molar-refractivity contribution < 1.29 is 9.53 Å². The van der Waals surface area contributed by atoms with Gasteiger partial charge >= 0.3 is 0 Å². The first-order valence-corrected chi connectivity index (χ1v) is 9.93. The van der Waals surface area contributed by atoms with E-state index in [4.69, 9.17) is 4.74 Å². The number of aliphatic imine (C=N–C) groups is 1. The Bertz CT molecular complexity index is 607. The van der Waals surface area contributed by atoms with Crippen molar-refractivity contribution in [3.8, 4) is 0 Å². The van der Waals surface area contributed by atoms with E-state index in [2.05, 4.69) is 20.9 Å². The lowest BCUT2D eigenvalue weighted by atomic mass is 9.83. The molecule has 2 rings (SSSR count). The van der Waals surface area contributed by atoms with E-state index in [1.165, 1.54) is 25.7 Å². The third-order valence-corrected chi connectivity index (χ3v) is 5.37. The third-order valence-electron chi connectivity index (χ3n) is 5.37. The van der Waals surface area contributed by atoms with E-state index in [0.29, 0.717) is 24.1 Å². The first kappa shape index (κ1) is 21.2. The van der Waals surface area contributed by atoms with Crippen molar-refractivity contribution in [1.29, 1.82) is 0 Å². The van der Waals surface area contributed by atoms with Crippen LogP contribution in [-0.2, 0) is 11.3 Å². The van der Waals surface area contributed by atoms with Gasteiger partial charge in [-0.1, -0.05) is 25.0 Å². The molecule has 1 saturated carbocycles. The largest absolute Gasteiger partial charge is 0.385 e. The Balaban J connectivity index is 1.83. The molecule has 3 N–H and O–H groups in total. The van der Waals surface area contributed by atoms with Crippen LogP contribution in [0.4, 0.5) is 0 Å². The number of methoxy groups -OCH3 is 1. The van der Waals surface area contributed by atoms with Crippen molar-refractivity contribution in [1.82, 2.24) is 16.0 Å². The summed E-state index contributed by atoms with van der Waals surface area (Å²) in [5, 5.41) is 9.67. The quantitative estimate of drug-likeness (QED) is 0.459. The maximum atomic E-state index is 11.8. The summed E-state index contributed by atoms with van der Waals surface area (Å²) in [5.74, 6) is 0.777. The summed E-state index contributed by atoms with van der Waals surface area (Å²) in [6, 6.07) is 7.66. The minimum atomic E-state index is -0.0348. The maximum Gasteiger partial charge on any atom is 0.251 e. The molecule has 1 aliphatic carbocycles.